The summed E-state index contributed by atoms with van der Waals surface area (Å²) >= 11 is 0. The van der Waals surface area contributed by atoms with Gasteiger partial charge in [0, 0.05) is 13.1 Å². The molecule has 0 aromatic heterocycles. The van der Waals surface area contributed by atoms with Crippen LogP contribution in [0.5, 0.6) is 0 Å². The number of nitrogens with zero attached hydrogens (tertiary/aromatic N) is 1. The van der Waals surface area contributed by atoms with Gasteiger partial charge in [-0.15, -0.1) is 0 Å². The quantitative estimate of drug-likeness (QED) is 0.778. The minimum Gasteiger partial charge on any atom is -0.481 e. The maximum absolute atomic E-state index is 11.0. The van der Waals surface area contributed by atoms with Crippen LogP contribution in [0.4, 0.5) is 0 Å². The lowest BCUT2D eigenvalue weighted by Crippen LogP contribution is -2.31. The van der Waals surface area contributed by atoms with E-state index in [4.69, 9.17) is 5.11 Å². The number of unbranched alkanes of at least 4 members (excludes halogenated alkanes) is 2. The topological polar surface area (TPSA) is 40.5 Å². The number of hydrogen-bond donors (Lipinski definition) is 1. The Morgan fingerprint density at radius 3 is 2.62 bits per heavy atom. The Morgan fingerprint density at radius 1 is 1.19 bits per heavy atom. The fourth-order valence-electron chi connectivity index (χ4n) is 2.93. The molecule has 3 heteroatoms. The highest BCUT2D eigenvalue weighted by Crippen LogP contribution is 2.24. The van der Waals surface area contributed by atoms with E-state index in [0.717, 1.165) is 51.7 Å². The van der Waals surface area contributed by atoms with Crippen LogP contribution in [0.15, 0.2) is 24.3 Å². The van der Waals surface area contributed by atoms with Crippen molar-refractivity contribution in [2.24, 2.45) is 5.41 Å². The van der Waals surface area contributed by atoms with Gasteiger partial charge in [-0.25, -0.2) is 0 Å². The molecule has 21 heavy (non-hydrogen) atoms. The van der Waals surface area contributed by atoms with Crippen molar-refractivity contribution in [1.82, 2.24) is 4.90 Å². The second-order valence-electron chi connectivity index (χ2n) is 6.79. The molecule has 0 fully saturated rings. The van der Waals surface area contributed by atoms with Crippen molar-refractivity contribution in [3.05, 3.63) is 35.4 Å². The molecule has 0 amide bonds. The van der Waals surface area contributed by atoms with Crippen molar-refractivity contribution in [1.29, 1.82) is 0 Å². The number of carboxylic acids is 1. The zero-order valence-corrected chi connectivity index (χ0v) is 13.3. The molecule has 2 rings (SSSR count). The standard InChI is InChI=1S/C18H27NO2/c1-18(2,17(20)21)11-6-3-7-12-19-13-10-15-8-4-5-9-16(15)14-19/h4-5,8-9H,3,6-7,10-14H2,1-2H3,(H,20,21). The van der Waals surface area contributed by atoms with Crippen LogP contribution in [-0.2, 0) is 17.8 Å². The zero-order chi connectivity index (χ0) is 15.3. The molecular formula is C18H27NO2. The smallest absolute Gasteiger partial charge is 0.309 e. The molecule has 1 aliphatic rings. The van der Waals surface area contributed by atoms with Gasteiger partial charge in [0.2, 0.25) is 0 Å². The number of hydrogen-bond acceptors (Lipinski definition) is 2. The van der Waals surface area contributed by atoms with Crippen LogP contribution in [0, 0.1) is 5.41 Å². The Hall–Kier alpha value is -1.35. The van der Waals surface area contributed by atoms with E-state index < -0.39 is 11.4 Å². The van der Waals surface area contributed by atoms with Crippen molar-refractivity contribution in [3.63, 3.8) is 0 Å². The second-order valence-corrected chi connectivity index (χ2v) is 6.79. The third kappa shape index (κ3) is 4.57. The average Bonchev–Trinajstić information content (AvgIpc) is 2.46. The van der Waals surface area contributed by atoms with Gasteiger partial charge in [0.25, 0.3) is 0 Å². The molecule has 1 aromatic carbocycles. The first-order chi connectivity index (χ1) is 9.99. The Morgan fingerprint density at radius 2 is 1.90 bits per heavy atom. The Balaban J connectivity index is 1.66. The minimum atomic E-state index is -0.685. The van der Waals surface area contributed by atoms with Crippen LogP contribution in [0.25, 0.3) is 0 Å². The summed E-state index contributed by atoms with van der Waals surface area (Å²) < 4.78 is 0. The Bertz CT molecular complexity index is 482. The van der Waals surface area contributed by atoms with Crippen molar-refractivity contribution in [2.75, 3.05) is 13.1 Å². The maximum Gasteiger partial charge on any atom is 0.309 e. The summed E-state index contributed by atoms with van der Waals surface area (Å²) in [6.07, 6.45) is 5.21. The highest BCUT2D eigenvalue weighted by Gasteiger charge is 2.26. The van der Waals surface area contributed by atoms with Gasteiger partial charge in [-0.2, -0.15) is 0 Å². The summed E-state index contributed by atoms with van der Waals surface area (Å²) in [6, 6.07) is 8.71. The molecule has 0 atom stereocenters. The lowest BCUT2D eigenvalue weighted by atomic mass is 9.87. The van der Waals surface area contributed by atoms with Crippen LogP contribution in [0.3, 0.4) is 0 Å². The van der Waals surface area contributed by atoms with E-state index in [2.05, 4.69) is 29.2 Å². The first kappa shape index (κ1) is 16.0. The summed E-state index contributed by atoms with van der Waals surface area (Å²) in [5.74, 6) is -0.685. The third-order valence-electron chi connectivity index (χ3n) is 4.56. The van der Waals surface area contributed by atoms with Crippen molar-refractivity contribution >= 4 is 5.97 Å². The summed E-state index contributed by atoms with van der Waals surface area (Å²) in [5, 5.41) is 9.09. The van der Waals surface area contributed by atoms with E-state index in [9.17, 15) is 4.79 Å². The second kappa shape index (κ2) is 7.08. The van der Waals surface area contributed by atoms with Crippen LogP contribution >= 0.6 is 0 Å². The Labute approximate surface area is 128 Å². The minimum absolute atomic E-state index is 0.579. The van der Waals surface area contributed by atoms with Crippen molar-refractivity contribution < 1.29 is 9.90 Å². The third-order valence-corrected chi connectivity index (χ3v) is 4.56. The number of carbonyl (C=O) groups is 1. The molecule has 0 spiro atoms. The van der Waals surface area contributed by atoms with Gasteiger partial charge < -0.3 is 5.11 Å². The number of carboxylic acid groups (broad SMARTS) is 1. The average molecular weight is 289 g/mol. The van der Waals surface area contributed by atoms with Gasteiger partial charge in [-0.05, 0) is 50.8 Å². The fraction of sp³-hybridized carbons (Fsp3) is 0.611. The molecule has 0 bridgehead atoms. The summed E-state index contributed by atoms with van der Waals surface area (Å²) in [7, 11) is 0. The van der Waals surface area contributed by atoms with E-state index in [0.29, 0.717) is 0 Å². The van der Waals surface area contributed by atoms with Gasteiger partial charge in [0.05, 0.1) is 5.41 Å². The SMILES string of the molecule is CC(C)(CCCCCN1CCc2ccccc2C1)C(=O)O. The molecule has 0 radical (unpaired) electrons. The summed E-state index contributed by atoms with van der Waals surface area (Å²) in [5.41, 5.74) is 2.39. The van der Waals surface area contributed by atoms with Crippen molar-refractivity contribution in [2.45, 2.75) is 52.5 Å². The number of fused-ring (bicyclic) bond motifs is 1. The van der Waals surface area contributed by atoms with Gasteiger partial charge in [0.1, 0.15) is 0 Å². The number of rotatable bonds is 7. The fourth-order valence-corrected chi connectivity index (χ4v) is 2.93. The van der Waals surface area contributed by atoms with Gasteiger partial charge in [0.15, 0.2) is 0 Å². The largest absolute Gasteiger partial charge is 0.481 e. The van der Waals surface area contributed by atoms with E-state index in [1.165, 1.54) is 11.1 Å². The highest BCUT2D eigenvalue weighted by atomic mass is 16.4. The van der Waals surface area contributed by atoms with Crippen LogP contribution in [0.2, 0.25) is 0 Å². The Kier molecular flexibility index (Phi) is 5.40. The van der Waals surface area contributed by atoms with E-state index >= 15 is 0 Å². The molecule has 0 saturated carbocycles. The molecule has 0 saturated heterocycles. The molecule has 3 nitrogen and oxygen atoms in total. The number of aliphatic carboxylic acids is 1. The highest BCUT2D eigenvalue weighted by molar-refractivity contribution is 5.73. The molecule has 1 N–H and O–H groups in total. The lowest BCUT2D eigenvalue weighted by Gasteiger charge is -2.28. The molecule has 0 unspecified atom stereocenters. The predicted octanol–water partition coefficient (Wildman–Crippen LogP) is 3.72. The summed E-state index contributed by atoms with van der Waals surface area (Å²) in [6.45, 7) is 6.98. The maximum atomic E-state index is 11.0. The first-order valence-electron chi connectivity index (χ1n) is 8.01. The zero-order valence-electron chi connectivity index (χ0n) is 13.3. The van der Waals surface area contributed by atoms with Gasteiger partial charge in [-0.1, -0.05) is 37.1 Å². The normalized spacial score (nSPS) is 15.7. The van der Waals surface area contributed by atoms with E-state index in [1.807, 2.05) is 13.8 Å². The van der Waals surface area contributed by atoms with Gasteiger partial charge in [-0.3, -0.25) is 9.69 Å². The predicted molar refractivity (Wildman–Crippen MR) is 85.3 cm³/mol. The van der Waals surface area contributed by atoms with Crippen LogP contribution in [-0.4, -0.2) is 29.1 Å². The number of benzene rings is 1. The van der Waals surface area contributed by atoms with Crippen LogP contribution < -0.4 is 0 Å². The van der Waals surface area contributed by atoms with E-state index in [-0.39, 0.29) is 0 Å². The molecule has 1 aliphatic heterocycles. The molecule has 0 aliphatic carbocycles. The monoisotopic (exact) mass is 289 g/mol. The molecule has 116 valence electrons. The van der Waals surface area contributed by atoms with Crippen LogP contribution in [0.1, 0.15) is 50.7 Å². The molecule has 1 heterocycles. The lowest BCUT2D eigenvalue weighted by molar-refractivity contribution is -0.147. The summed E-state index contributed by atoms with van der Waals surface area (Å²) in [4.78, 5) is 13.6. The molecule has 1 aromatic rings. The van der Waals surface area contributed by atoms with Gasteiger partial charge >= 0.3 is 5.97 Å². The van der Waals surface area contributed by atoms with E-state index in [1.54, 1.807) is 0 Å². The molecular weight excluding hydrogens is 262 g/mol. The van der Waals surface area contributed by atoms with Crippen molar-refractivity contribution in [3.8, 4) is 0 Å². The first-order valence-corrected chi connectivity index (χ1v) is 8.01.